The molecule has 0 heterocycles. The Balaban J connectivity index is 2.54. The van der Waals surface area contributed by atoms with Crippen molar-refractivity contribution in [1.82, 2.24) is 0 Å². The number of aliphatic carboxylic acids is 1. The fraction of sp³-hybridized carbons (Fsp3) is 0.211. The molecule has 0 spiro atoms. The zero-order valence-electron chi connectivity index (χ0n) is 14.5. The van der Waals surface area contributed by atoms with Crippen LogP contribution < -0.4 is 14.2 Å². The Morgan fingerprint density at radius 1 is 1.00 bits per heavy atom. The van der Waals surface area contributed by atoms with E-state index >= 15 is 0 Å². The SMILES string of the molecule is COc1ccc(/C(=C\c2cc(OC)c(SC)c(OC)c2)C(=O)O)cc1. The molecular formula is C19H20O5S. The third-order valence-corrected chi connectivity index (χ3v) is 4.44. The monoisotopic (exact) mass is 360 g/mol. The minimum atomic E-state index is -1.02. The number of methoxy groups -OCH3 is 3. The lowest BCUT2D eigenvalue weighted by Crippen LogP contribution is -2.00. The molecular weight excluding hydrogens is 340 g/mol. The molecule has 0 fully saturated rings. The van der Waals surface area contributed by atoms with Gasteiger partial charge in [0.05, 0.1) is 31.8 Å². The van der Waals surface area contributed by atoms with Crippen LogP contribution in [0.1, 0.15) is 11.1 Å². The maximum absolute atomic E-state index is 11.7. The maximum Gasteiger partial charge on any atom is 0.336 e. The first kappa shape index (κ1) is 18.7. The van der Waals surface area contributed by atoms with Crippen LogP contribution in [0.2, 0.25) is 0 Å². The number of carboxylic acid groups (broad SMARTS) is 1. The molecule has 1 N–H and O–H groups in total. The minimum absolute atomic E-state index is 0.170. The Kier molecular flexibility index (Phi) is 6.36. The van der Waals surface area contributed by atoms with Crippen molar-refractivity contribution >= 4 is 29.4 Å². The largest absolute Gasteiger partial charge is 0.497 e. The molecule has 0 saturated heterocycles. The molecule has 0 aliphatic rings. The quantitative estimate of drug-likeness (QED) is 0.456. The lowest BCUT2D eigenvalue weighted by Gasteiger charge is -2.13. The van der Waals surface area contributed by atoms with Crippen molar-refractivity contribution in [1.29, 1.82) is 0 Å². The van der Waals surface area contributed by atoms with Crippen molar-refractivity contribution in [3.8, 4) is 17.2 Å². The summed E-state index contributed by atoms with van der Waals surface area (Å²) in [6.45, 7) is 0. The van der Waals surface area contributed by atoms with Crippen LogP contribution >= 0.6 is 11.8 Å². The van der Waals surface area contributed by atoms with E-state index in [4.69, 9.17) is 14.2 Å². The molecule has 132 valence electrons. The molecule has 0 atom stereocenters. The molecule has 0 radical (unpaired) electrons. The first-order valence-electron chi connectivity index (χ1n) is 7.43. The van der Waals surface area contributed by atoms with E-state index < -0.39 is 5.97 Å². The van der Waals surface area contributed by atoms with Gasteiger partial charge in [-0.3, -0.25) is 0 Å². The fourth-order valence-electron chi connectivity index (χ4n) is 2.39. The second-order valence-corrected chi connectivity index (χ2v) is 5.87. The van der Waals surface area contributed by atoms with Gasteiger partial charge in [-0.25, -0.2) is 4.79 Å². The molecule has 0 aliphatic heterocycles. The van der Waals surface area contributed by atoms with E-state index in [1.165, 1.54) is 11.8 Å². The van der Waals surface area contributed by atoms with Gasteiger partial charge in [-0.1, -0.05) is 12.1 Å². The Labute approximate surface area is 151 Å². The molecule has 2 rings (SSSR count). The number of rotatable bonds is 7. The molecule has 0 aliphatic carbocycles. The van der Waals surface area contributed by atoms with Gasteiger partial charge in [0, 0.05) is 0 Å². The van der Waals surface area contributed by atoms with Crippen molar-refractivity contribution < 1.29 is 24.1 Å². The minimum Gasteiger partial charge on any atom is -0.497 e. The number of ether oxygens (including phenoxy) is 3. The lowest BCUT2D eigenvalue weighted by molar-refractivity contribution is -0.130. The number of carbonyl (C=O) groups is 1. The zero-order valence-corrected chi connectivity index (χ0v) is 15.3. The van der Waals surface area contributed by atoms with Crippen LogP contribution in [0.4, 0.5) is 0 Å². The first-order valence-corrected chi connectivity index (χ1v) is 8.66. The van der Waals surface area contributed by atoms with Crippen LogP contribution in [0, 0.1) is 0 Å². The molecule has 0 saturated carbocycles. The highest BCUT2D eigenvalue weighted by atomic mass is 32.2. The summed E-state index contributed by atoms with van der Waals surface area (Å²) in [5, 5.41) is 9.60. The van der Waals surface area contributed by atoms with Crippen molar-refractivity contribution in [2.75, 3.05) is 27.6 Å². The second kappa shape index (κ2) is 8.48. The van der Waals surface area contributed by atoms with Gasteiger partial charge in [0.15, 0.2) is 0 Å². The molecule has 0 bridgehead atoms. The van der Waals surface area contributed by atoms with Crippen LogP contribution in [0.25, 0.3) is 11.6 Å². The average molecular weight is 360 g/mol. The highest BCUT2D eigenvalue weighted by Gasteiger charge is 2.14. The molecule has 6 heteroatoms. The van der Waals surface area contributed by atoms with Crippen molar-refractivity contribution in [2.45, 2.75) is 4.90 Å². The highest BCUT2D eigenvalue weighted by molar-refractivity contribution is 7.98. The van der Waals surface area contributed by atoms with Gasteiger partial charge in [0.1, 0.15) is 17.2 Å². The van der Waals surface area contributed by atoms with E-state index in [0.29, 0.717) is 28.4 Å². The average Bonchev–Trinajstić information content (AvgIpc) is 2.64. The van der Waals surface area contributed by atoms with Crippen LogP contribution in [-0.2, 0) is 4.79 Å². The third-order valence-electron chi connectivity index (χ3n) is 3.63. The third kappa shape index (κ3) is 4.28. The van der Waals surface area contributed by atoms with Crippen molar-refractivity contribution in [3.05, 3.63) is 47.5 Å². The zero-order chi connectivity index (χ0) is 18.4. The number of hydrogen-bond donors (Lipinski definition) is 1. The van der Waals surface area contributed by atoms with E-state index in [9.17, 15) is 9.90 Å². The summed E-state index contributed by atoms with van der Waals surface area (Å²) >= 11 is 1.50. The Bertz CT molecular complexity index is 756. The van der Waals surface area contributed by atoms with Gasteiger partial charge in [-0.15, -0.1) is 11.8 Å². The van der Waals surface area contributed by atoms with E-state index in [0.717, 1.165) is 4.90 Å². The number of benzene rings is 2. The Hall–Kier alpha value is -2.60. The summed E-state index contributed by atoms with van der Waals surface area (Å²) in [5.41, 5.74) is 1.43. The molecule has 0 amide bonds. The van der Waals surface area contributed by atoms with E-state index in [2.05, 4.69) is 0 Å². The van der Waals surface area contributed by atoms with Gasteiger partial charge in [0.25, 0.3) is 0 Å². The normalized spacial score (nSPS) is 11.1. The summed E-state index contributed by atoms with van der Waals surface area (Å²) in [6, 6.07) is 10.5. The predicted octanol–water partition coefficient (Wildman–Crippen LogP) is 4.06. The van der Waals surface area contributed by atoms with E-state index in [1.807, 2.05) is 6.26 Å². The number of carboxylic acids is 1. The van der Waals surface area contributed by atoms with Crippen LogP contribution in [-0.4, -0.2) is 38.7 Å². The summed E-state index contributed by atoms with van der Waals surface area (Å²) in [5.74, 6) is 0.924. The highest BCUT2D eigenvalue weighted by Crippen LogP contribution is 2.38. The Morgan fingerprint density at radius 3 is 1.96 bits per heavy atom. The topological polar surface area (TPSA) is 65.0 Å². The van der Waals surface area contributed by atoms with Crippen LogP contribution in [0.3, 0.4) is 0 Å². The lowest BCUT2D eigenvalue weighted by atomic mass is 10.0. The van der Waals surface area contributed by atoms with Crippen molar-refractivity contribution in [2.24, 2.45) is 0 Å². The first-order chi connectivity index (χ1) is 12.0. The van der Waals surface area contributed by atoms with E-state index in [1.54, 1.807) is 63.8 Å². The molecule has 5 nitrogen and oxygen atoms in total. The molecule has 25 heavy (non-hydrogen) atoms. The summed E-state index contributed by atoms with van der Waals surface area (Å²) < 4.78 is 15.9. The molecule has 0 aromatic heterocycles. The molecule has 0 unspecified atom stereocenters. The number of hydrogen-bond acceptors (Lipinski definition) is 5. The molecule has 2 aromatic rings. The summed E-state index contributed by atoms with van der Waals surface area (Å²) in [4.78, 5) is 12.6. The maximum atomic E-state index is 11.7. The van der Waals surface area contributed by atoms with Crippen LogP contribution in [0.15, 0.2) is 41.3 Å². The summed E-state index contributed by atoms with van der Waals surface area (Å²) in [6.07, 6.45) is 3.52. The van der Waals surface area contributed by atoms with Crippen LogP contribution in [0.5, 0.6) is 17.2 Å². The second-order valence-electron chi connectivity index (χ2n) is 5.05. The van der Waals surface area contributed by atoms with Gasteiger partial charge >= 0.3 is 5.97 Å². The predicted molar refractivity (Wildman–Crippen MR) is 99.8 cm³/mol. The van der Waals surface area contributed by atoms with E-state index in [-0.39, 0.29) is 5.57 Å². The smallest absolute Gasteiger partial charge is 0.336 e. The van der Waals surface area contributed by atoms with Gasteiger partial charge < -0.3 is 19.3 Å². The van der Waals surface area contributed by atoms with Gasteiger partial charge in [0.2, 0.25) is 0 Å². The Morgan fingerprint density at radius 2 is 1.56 bits per heavy atom. The van der Waals surface area contributed by atoms with Gasteiger partial charge in [-0.05, 0) is 47.7 Å². The molecule has 2 aromatic carbocycles. The fourth-order valence-corrected chi connectivity index (χ4v) is 3.08. The summed E-state index contributed by atoms with van der Waals surface area (Å²) in [7, 11) is 4.71. The standard InChI is InChI=1S/C19H20O5S/c1-22-14-7-5-13(6-8-14)15(19(20)21)9-12-10-16(23-2)18(25-4)17(11-12)24-3/h5-11H,1-4H3,(H,20,21)/b15-9+. The van der Waals surface area contributed by atoms with Gasteiger partial charge in [-0.2, -0.15) is 0 Å². The van der Waals surface area contributed by atoms with Crippen molar-refractivity contribution in [3.63, 3.8) is 0 Å². The number of thioether (sulfide) groups is 1.